The quantitative estimate of drug-likeness (QED) is 0.637. The summed E-state index contributed by atoms with van der Waals surface area (Å²) in [5, 5.41) is 3.50. The monoisotopic (exact) mass is 262 g/mol. The minimum Gasteiger partial charge on any atom is -0.385 e. The van der Waals surface area contributed by atoms with Crippen LogP contribution in [0, 0.1) is 0 Å². The second-order valence-corrected chi connectivity index (χ2v) is 5.11. The minimum atomic E-state index is 1.06. The minimum absolute atomic E-state index is 1.06. The molecule has 19 heavy (non-hydrogen) atoms. The molecule has 0 bridgehead atoms. The molecule has 0 spiro atoms. The standard InChI is InChI=1S/C17H30N2/c1-4-7-9-16-10-12-17(13-11-16)18-14-8-15-19(5-2)6-3/h10-13,18H,4-9,14-15H2,1-3H3. The van der Waals surface area contributed by atoms with Crippen LogP contribution in [0.25, 0.3) is 0 Å². The molecule has 0 radical (unpaired) electrons. The van der Waals surface area contributed by atoms with E-state index in [2.05, 4.69) is 55.3 Å². The summed E-state index contributed by atoms with van der Waals surface area (Å²) in [6, 6.07) is 8.93. The van der Waals surface area contributed by atoms with Crippen LogP contribution < -0.4 is 5.32 Å². The summed E-state index contributed by atoms with van der Waals surface area (Å²) in [6.45, 7) is 11.3. The van der Waals surface area contributed by atoms with Gasteiger partial charge in [0, 0.05) is 12.2 Å². The van der Waals surface area contributed by atoms with Crippen molar-refractivity contribution in [1.29, 1.82) is 0 Å². The van der Waals surface area contributed by atoms with Gasteiger partial charge in [0.1, 0.15) is 0 Å². The second-order valence-electron chi connectivity index (χ2n) is 5.11. The van der Waals surface area contributed by atoms with Gasteiger partial charge in [0.25, 0.3) is 0 Å². The van der Waals surface area contributed by atoms with E-state index in [1.165, 1.54) is 43.5 Å². The van der Waals surface area contributed by atoms with Crippen LogP contribution in [0.1, 0.15) is 45.6 Å². The lowest BCUT2D eigenvalue weighted by Crippen LogP contribution is -2.25. The van der Waals surface area contributed by atoms with Crippen molar-refractivity contribution in [2.45, 2.75) is 46.5 Å². The fourth-order valence-electron chi connectivity index (χ4n) is 2.25. The number of rotatable bonds is 10. The van der Waals surface area contributed by atoms with Crippen LogP contribution in [0.2, 0.25) is 0 Å². The van der Waals surface area contributed by atoms with Gasteiger partial charge in [-0.15, -0.1) is 0 Å². The van der Waals surface area contributed by atoms with E-state index in [0.29, 0.717) is 0 Å². The molecule has 2 heteroatoms. The molecule has 108 valence electrons. The fourth-order valence-corrected chi connectivity index (χ4v) is 2.25. The van der Waals surface area contributed by atoms with E-state index in [0.717, 1.165) is 19.6 Å². The molecule has 0 amide bonds. The maximum Gasteiger partial charge on any atom is 0.0340 e. The van der Waals surface area contributed by atoms with Gasteiger partial charge in [0.05, 0.1) is 0 Å². The highest BCUT2D eigenvalue weighted by Gasteiger charge is 1.98. The lowest BCUT2D eigenvalue weighted by atomic mass is 10.1. The lowest BCUT2D eigenvalue weighted by Gasteiger charge is -2.18. The second kappa shape index (κ2) is 9.85. The van der Waals surface area contributed by atoms with Gasteiger partial charge in [-0.3, -0.25) is 0 Å². The molecule has 0 aromatic heterocycles. The molecule has 1 rings (SSSR count). The van der Waals surface area contributed by atoms with Gasteiger partial charge in [-0.05, 0) is 56.6 Å². The van der Waals surface area contributed by atoms with Crippen LogP contribution in [-0.2, 0) is 6.42 Å². The van der Waals surface area contributed by atoms with E-state index in [-0.39, 0.29) is 0 Å². The number of hydrogen-bond acceptors (Lipinski definition) is 2. The predicted molar refractivity (Wildman–Crippen MR) is 85.9 cm³/mol. The summed E-state index contributed by atoms with van der Waals surface area (Å²) in [6.07, 6.45) is 4.97. The molecule has 1 aromatic carbocycles. The van der Waals surface area contributed by atoms with E-state index < -0.39 is 0 Å². The first-order valence-corrected chi connectivity index (χ1v) is 7.85. The molecule has 0 aliphatic rings. The molecule has 0 saturated heterocycles. The van der Waals surface area contributed by atoms with Crippen molar-refractivity contribution in [3.8, 4) is 0 Å². The molecule has 1 N–H and O–H groups in total. The van der Waals surface area contributed by atoms with E-state index in [1.807, 2.05) is 0 Å². The van der Waals surface area contributed by atoms with Gasteiger partial charge >= 0.3 is 0 Å². The Labute approximate surface area is 119 Å². The number of aryl methyl sites for hydroxylation is 1. The molecule has 1 aromatic rings. The van der Waals surface area contributed by atoms with Crippen molar-refractivity contribution in [3.05, 3.63) is 29.8 Å². The highest BCUT2D eigenvalue weighted by molar-refractivity contribution is 5.44. The van der Waals surface area contributed by atoms with Gasteiger partial charge in [-0.1, -0.05) is 39.3 Å². The first kappa shape index (κ1) is 16.0. The number of anilines is 1. The van der Waals surface area contributed by atoms with Gasteiger partial charge in [0.2, 0.25) is 0 Å². The van der Waals surface area contributed by atoms with Crippen LogP contribution in [-0.4, -0.2) is 31.1 Å². The third kappa shape index (κ3) is 6.63. The van der Waals surface area contributed by atoms with Gasteiger partial charge in [-0.2, -0.15) is 0 Å². The molecule has 0 aliphatic heterocycles. The summed E-state index contributed by atoms with van der Waals surface area (Å²) in [5.41, 5.74) is 2.70. The molecule has 0 atom stereocenters. The van der Waals surface area contributed by atoms with Crippen molar-refractivity contribution >= 4 is 5.69 Å². The van der Waals surface area contributed by atoms with Crippen molar-refractivity contribution < 1.29 is 0 Å². The van der Waals surface area contributed by atoms with Crippen molar-refractivity contribution in [3.63, 3.8) is 0 Å². The zero-order valence-electron chi connectivity index (χ0n) is 12.9. The van der Waals surface area contributed by atoms with Crippen LogP contribution >= 0.6 is 0 Å². The van der Waals surface area contributed by atoms with E-state index in [4.69, 9.17) is 0 Å². The maximum absolute atomic E-state index is 3.50. The van der Waals surface area contributed by atoms with Crippen molar-refractivity contribution in [2.75, 3.05) is 31.5 Å². The summed E-state index contributed by atoms with van der Waals surface area (Å²) in [4.78, 5) is 2.47. The number of hydrogen-bond donors (Lipinski definition) is 1. The first-order chi connectivity index (χ1) is 9.30. The number of nitrogens with zero attached hydrogens (tertiary/aromatic N) is 1. The summed E-state index contributed by atoms with van der Waals surface area (Å²) in [7, 11) is 0. The van der Waals surface area contributed by atoms with Crippen LogP contribution in [0.5, 0.6) is 0 Å². The number of unbranched alkanes of at least 4 members (excludes halogenated alkanes) is 1. The van der Waals surface area contributed by atoms with Gasteiger partial charge < -0.3 is 10.2 Å². The molecular weight excluding hydrogens is 232 g/mol. The molecular formula is C17H30N2. The summed E-state index contributed by atoms with van der Waals surface area (Å²) in [5.74, 6) is 0. The SMILES string of the molecule is CCCCc1ccc(NCCCN(CC)CC)cc1. The van der Waals surface area contributed by atoms with Crippen molar-refractivity contribution in [2.24, 2.45) is 0 Å². The lowest BCUT2D eigenvalue weighted by molar-refractivity contribution is 0.303. The Morgan fingerprint density at radius 2 is 1.63 bits per heavy atom. The molecule has 0 heterocycles. The Kier molecular flexibility index (Phi) is 8.31. The van der Waals surface area contributed by atoms with Crippen LogP contribution in [0.15, 0.2) is 24.3 Å². The highest BCUT2D eigenvalue weighted by atomic mass is 15.1. The van der Waals surface area contributed by atoms with Crippen LogP contribution in [0.4, 0.5) is 5.69 Å². The third-order valence-corrected chi connectivity index (χ3v) is 3.65. The maximum atomic E-state index is 3.50. The Bertz CT molecular complexity index is 315. The Hall–Kier alpha value is -1.02. The van der Waals surface area contributed by atoms with E-state index in [9.17, 15) is 0 Å². The van der Waals surface area contributed by atoms with Gasteiger partial charge in [0.15, 0.2) is 0 Å². The highest BCUT2D eigenvalue weighted by Crippen LogP contribution is 2.11. The first-order valence-electron chi connectivity index (χ1n) is 7.85. The van der Waals surface area contributed by atoms with E-state index in [1.54, 1.807) is 0 Å². The molecule has 0 saturated carbocycles. The number of benzene rings is 1. The summed E-state index contributed by atoms with van der Waals surface area (Å²) >= 11 is 0. The molecule has 2 nitrogen and oxygen atoms in total. The fraction of sp³-hybridized carbons (Fsp3) is 0.647. The van der Waals surface area contributed by atoms with E-state index >= 15 is 0 Å². The zero-order chi connectivity index (χ0) is 13.9. The predicted octanol–water partition coefficient (Wildman–Crippen LogP) is 4.17. The largest absolute Gasteiger partial charge is 0.385 e. The van der Waals surface area contributed by atoms with Crippen LogP contribution in [0.3, 0.4) is 0 Å². The summed E-state index contributed by atoms with van der Waals surface area (Å²) < 4.78 is 0. The smallest absolute Gasteiger partial charge is 0.0340 e. The molecule has 0 fully saturated rings. The molecule has 0 aliphatic carbocycles. The normalized spacial score (nSPS) is 10.9. The number of nitrogens with one attached hydrogen (secondary N) is 1. The Morgan fingerprint density at radius 1 is 0.947 bits per heavy atom. The average molecular weight is 262 g/mol. The topological polar surface area (TPSA) is 15.3 Å². The Balaban J connectivity index is 2.22. The van der Waals surface area contributed by atoms with Crippen molar-refractivity contribution in [1.82, 2.24) is 4.90 Å². The Morgan fingerprint density at radius 3 is 2.21 bits per heavy atom. The zero-order valence-corrected chi connectivity index (χ0v) is 12.9. The molecule has 0 unspecified atom stereocenters. The van der Waals surface area contributed by atoms with Gasteiger partial charge in [-0.25, -0.2) is 0 Å². The average Bonchev–Trinajstić information content (AvgIpc) is 2.46. The third-order valence-electron chi connectivity index (χ3n) is 3.65.